The Labute approximate surface area is 171 Å². The molecular weight excluding hydrogens is 388 g/mol. The van der Waals surface area contributed by atoms with Gasteiger partial charge in [0.2, 0.25) is 11.8 Å². The lowest BCUT2D eigenvalue weighted by Crippen LogP contribution is -2.13. The highest BCUT2D eigenvalue weighted by Gasteiger charge is 2.12. The zero-order chi connectivity index (χ0) is 20.2. The van der Waals surface area contributed by atoms with Crippen LogP contribution in [0, 0.1) is 6.92 Å². The number of benzene rings is 2. The molecule has 4 aromatic rings. The summed E-state index contributed by atoms with van der Waals surface area (Å²) in [6.45, 7) is 4.57. The molecule has 2 N–H and O–H groups in total. The quantitative estimate of drug-likeness (QED) is 0.432. The van der Waals surface area contributed by atoms with Gasteiger partial charge in [0, 0.05) is 17.7 Å². The molecule has 0 fully saturated rings. The van der Waals surface area contributed by atoms with E-state index in [4.69, 9.17) is 9.26 Å². The molecule has 8 heteroatoms. The van der Waals surface area contributed by atoms with Gasteiger partial charge in [-0.05, 0) is 26.0 Å². The SMILES string of the molecule is CCOc1ccc2nc(SCC(=O)Nc3cc(-c4ccc(C)cc4)no3)[nH]c2c1. The van der Waals surface area contributed by atoms with Gasteiger partial charge in [-0.25, -0.2) is 4.98 Å². The molecule has 0 unspecified atom stereocenters. The highest BCUT2D eigenvalue weighted by atomic mass is 32.2. The van der Waals surface area contributed by atoms with Crippen LogP contribution in [0.25, 0.3) is 22.3 Å². The van der Waals surface area contributed by atoms with Gasteiger partial charge in [0.15, 0.2) is 5.16 Å². The van der Waals surface area contributed by atoms with Gasteiger partial charge in [0.1, 0.15) is 11.4 Å². The van der Waals surface area contributed by atoms with Crippen molar-refractivity contribution in [3.05, 3.63) is 54.1 Å². The van der Waals surface area contributed by atoms with Gasteiger partial charge in [-0.3, -0.25) is 10.1 Å². The van der Waals surface area contributed by atoms with Gasteiger partial charge in [0.05, 0.1) is 23.4 Å². The van der Waals surface area contributed by atoms with Crippen LogP contribution in [0.4, 0.5) is 5.88 Å². The van der Waals surface area contributed by atoms with Crippen LogP contribution >= 0.6 is 11.8 Å². The second-order valence-corrected chi connectivity index (χ2v) is 7.40. The monoisotopic (exact) mass is 408 g/mol. The summed E-state index contributed by atoms with van der Waals surface area (Å²) in [6.07, 6.45) is 0. The summed E-state index contributed by atoms with van der Waals surface area (Å²) >= 11 is 1.32. The normalized spacial score (nSPS) is 11.0. The standard InChI is InChI=1S/C21H20N4O3S/c1-3-27-15-8-9-16-18(10-15)23-21(22-16)29-12-19(26)24-20-11-17(25-28-20)14-6-4-13(2)5-7-14/h4-11H,3,12H2,1-2H3,(H,22,23)(H,24,26). The number of carbonyl (C=O) groups excluding carboxylic acids is 1. The third kappa shape index (κ3) is 4.60. The molecule has 0 spiro atoms. The topological polar surface area (TPSA) is 93.0 Å². The number of nitrogens with zero attached hydrogens (tertiary/aromatic N) is 2. The Bertz CT molecular complexity index is 1130. The third-order valence-electron chi connectivity index (χ3n) is 4.20. The van der Waals surface area contributed by atoms with Crippen LogP contribution < -0.4 is 10.1 Å². The maximum atomic E-state index is 12.2. The molecule has 2 heterocycles. The van der Waals surface area contributed by atoms with E-state index in [0.29, 0.717) is 23.3 Å². The number of hydrogen-bond donors (Lipinski definition) is 2. The number of amides is 1. The lowest BCUT2D eigenvalue weighted by atomic mass is 10.1. The molecule has 2 aromatic carbocycles. The van der Waals surface area contributed by atoms with E-state index in [1.54, 1.807) is 6.07 Å². The first-order chi connectivity index (χ1) is 14.1. The zero-order valence-electron chi connectivity index (χ0n) is 16.1. The van der Waals surface area contributed by atoms with E-state index < -0.39 is 0 Å². The Morgan fingerprint density at radius 1 is 1.21 bits per heavy atom. The van der Waals surface area contributed by atoms with Crippen LogP contribution in [-0.4, -0.2) is 33.4 Å². The number of thioether (sulfide) groups is 1. The number of ether oxygens (including phenoxy) is 1. The summed E-state index contributed by atoms with van der Waals surface area (Å²) in [5, 5.41) is 7.40. The number of H-pyrrole nitrogens is 1. The molecule has 0 saturated carbocycles. The highest BCUT2D eigenvalue weighted by molar-refractivity contribution is 7.99. The smallest absolute Gasteiger partial charge is 0.237 e. The van der Waals surface area contributed by atoms with Crippen molar-refractivity contribution >= 4 is 34.6 Å². The fraction of sp³-hybridized carbons (Fsp3) is 0.190. The van der Waals surface area contributed by atoms with E-state index in [-0.39, 0.29) is 11.7 Å². The number of aryl methyl sites for hydroxylation is 1. The zero-order valence-corrected chi connectivity index (χ0v) is 16.9. The Hall–Kier alpha value is -3.26. The fourth-order valence-electron chi connectivity index (χ4n) is 2.79. The molecule has 0 atom stereocenters. The molecule has 7 nitrogen and oxygen atoms in total. The second-order valence-electron chi connectivity index (χ2n) is 6.43. The molecule has 0 aliphatic carbocycles. The van der Waals surface area contributed by atoms with Gasteiger partial charge < -0.3 is 14.2 Å². The van der Waals surface area contributed by atoms with Crippen molar-refractivity contribution in [1.29, 1.82) is 0 Å². The van der Waals surface area contributed by atoms with Crippen molar-refractivity contribution in [2.24, 2.45) is 0 Å². The van der Waals surface area contributed by atoms with Crippen molar-refractivity contribution in [1.82, 2.24) is 15.1 Å². The molecule has 2 aromatic heterocycles. The number of nitrogens with one attached hydrogen (secondary N) is 2. The van der Waals surface area contributed by atoms with Crippen LogP contribution in [0.1, 0.15) is 12.5 Å². The summed E-state index contributed by atoms with van der Waals surface area (Å²) < 4.78 is 10.7. The van der Waals surface area contributed by atoms with Gasteiger partial charge >= 0.3 is 0 Å². The van der Waals surface area contributed by atoms with Crippen LogP contribution in [0.3, 0.4) is 0 Å². The van der Waals surface area contributed by atoms with Crippen molar-refractivity contribution in [3.63, 3.8) is 0 Å². The van der Waals surface area contributed by atoms with Crippen molar-refractivity contribution in [2.45, 2.75) is 19.0 Å². The lowest BCUT2D eigenvalue weighted by Gasteiger charge is -2.00. The average Bonchev–Trinajstić information content (AvgIpc) is 3.33. The van der Waals surface area contributed by atoms with Crippen molar-refractivity contribution < 1.29 is 14.1 Å². The number of aromatic amines is 1. The predicted octanol–water partition coefficient (Wildman–Crippen LogP) is 4.66. The number of aromatic nitrogens is 3. The first-order valence-electron chi connectivity index (χ1n) is 9.19. The van der Waals surface area contributed by atoms with Crippen LogP contribution in [0.5, 0.6) is 5.75 Å². The van der Waals surface area contributed by atoms with Gasteiger partial charge in [-0.1, -0.05) is 46.7 Å². The largest absolute Gasteiger partial charge is 0.494 e. The average molecular weight is 408 g/mol. The highest BCUT2D eigenvalue weighted by Crippen LogP contribution is 2.25. The molecule has 4 rings (SSSR count). The van der Waals surface area contributed by atoms with Crippen LogP contribution in [-0.2, 0) is 4.79 Å². The molecule has 0 saturated heterocycles. The molecule has 0 bridgehead atoms. The summed E-state index contributed by atoms with van der Waals surface area (Å²) in [5.74, 6) is 1.10. The Balaban J connectivity index is 1.35. The Kier molecular flexibility index (Phi) is 5.53. The number of rotatable bonds is 7. The Morgan fingerprint density at radius 2 is 2.03 bits per heavy atom. The predicted molar refractivity (Wildman–Crippen MR) is 113 cm³/mol. The molecular formula is C21H20N4O3S. The van der Waals surface area contributed by atoms with Crippen molar-refractivity contribution in [2.75, 3.05) is 17.7 Å². The molecule has 29 heavy (non-hydrogen) atoms. The van der Waals surface area contributed by atoms with E-state index in [9.17, 15) is 4.79 Å². The summed E-state index contributed by atoms with van der Waals surface area (Å²) in [6, 6.07) is 15.3. The minimum Gasteiger partial charge on any atom is -0.494 e. The molecule has 0 aliphatic heterocycles. The second kappa shape index (κ2) is 8.40. The number of hydrogen-bond acceptors (Lipinski definition) is 6. The number of fused-ring (bicyclic) bond motifs is 1. The minimum atomic E-state index is -0.197. The van der Waals surface area contributed by atoms with E-state index in [1.807, 2.05) is 56.3 Å². The van der Waals surface area contributed by atoms with Gasteiger partial charge in [-0.15, -0.1) is 0 Å². The maximum absolute atomic E-state index is 12.2. The first kappa shape index (κ1) is 19.1. The molecule has 0 radical (unpaired) electrons. The summed E-state index contributed by atoms with van der Waals surface area (Å²) in [7, 11) is 0. The van der Waals surface area contributed by atoms with E-state index in [1.165, 1.54) is 17.3 Å². The molecule has 0 aliphatic rings. The van der Waals surface area contributed by atoms with E-state index in [0.717, 1.165) is 22.3 Å². The van der Waals surface area contributed by atoms with E-state index in [2.05, 4.69) is 20.4 Å². The van der Waals surface area contributed by atoms with Crippen molar-refractivity contribution in [3.8, 4) is 17.0 Å². The molecule has 1 amide bonds. The third-order valence-corrected chi connectivity index (χ3v) is 5.08. The summed E-state index contributed by atoms with van der Waals surface area (Å²) in [4.78, 5) is 19.9. The number of anilines is 1. The number of imidazole rings is 1. The van der Waals surface area contributed by atoms with Crippen LogP contribution in [0.2, 0.25) is 0 Å². The lowest BCUT2D eigenvalue weighted by molar-refractivity contribution is -0.113. The molecule has 148 valence electrons. The van der Waals surface area contributed by atoms with Crippen LogP contribution in [0.15, 0.2) is 58.2 Å². The minimum absolute atomic E-state index is 0.193. The Morgan fingerprint density at radius 3 is 2.83 bits per heavy atom. The van der Waals surface area contributed by atoms with Gasteiger partial charge in [0.25, 0.3) is 0 Å². The first-order valence-corrected chi connectivity index (χ1v) is 10.2. The van der Waals surface area contributed by atoms with Gasteiger partial charge in [-0.2, -0.15) is 0 Å². The van der Waals surface area contributed by atoms with E-state index >= 15 is 0 Å². The number of carbonyl (C=O) groups is 1. The maximum Gasteiger partial charge on any atom is 0.237 e. The fourth-order valence-corrected chi connectivity index (χ4v) is 3.48. The summed E-state index contributed by atoms with van der Waals surface area (Å²) in [5.41, 5.74) is 4.48.